The predicted octanol–water partition coefficient (Wildman–Crippen LogP) is 2.90. The Morgan fingerprint density at radius 2 is 1.97 bits per heavy atom. The quantitative estimate of drug-likeness (QED) is 0.555. The van der Waals surface area contributed by atoms with Crippen molar-refractivity contribution in [3.63, 3.8) is 0 Å². The molecule has 3 aromatic heterocycles. The van der Waals surface area contributed by atoms with Crippen LogP contribution in [0, 0.1) is 20.8 Å². The summed E-state index contributed by atoms with van der Waals surface area (Å²) in [6.07, 6.45) is 2.48. The lowest BCUT2D eigenvalue weighted by atomic mass is 10.3. The van der Waals surface area contributed by atoms with E-state index in [1.807, 2.05) is 39.0 Å². The Hall–Kier alpha value is -3.04. The number of furan rings is 1. The van der Waals surface area contributed by atoms with Gasteiger partial charge in [0, 0.05) is 18.3 Å². The lowest BCUT2D eigenvalue weighted by molar-refractivity contribution is -0.120. The zero-order valence-electron chi connectivity index (χ0n) is 18.2. The van der Waals surface area contributed by atoms with Gasteiger partial charge in [0.05, 0.1) is 12.3 Å². The molecular formula is C22H28N6O3. The molecule has 1 fully saturated rings. The zero-order chi connectivity index (χ0) is 21.8. The Kier molecular flexibility index (Phi) is 6.43. The first kappa shape index (κ1) is 21.2. The summed E-state index contributed by atoms with van der Waals surface area (Å²) >= 11 is 0. The van der Waals surface area contributed by atoms with E-state index in [1.54, 1.807) is 10.7 Å². The van der Waals surface area contributed by atoms with Gasteiger partial charge in [-0.2, -0.15) is 5.10 Å². The fraction of sp³-hybridized carbons (Fsp3) is 0.455. The van der Waals surface area contributed by atoms with Gasteiger partial charge in [0.2, 0.25) is 0 Å². The fourth-order valence-electron chi connectivity index (χ4n) is 3.68. The average Bonchev–Trinajstić information content (AvgIpc) is 3.47. The van der Waals surface area contributed by atoms with Gasteiger partial charge in [-0.1, -0.05) is 0 Å². The molecule has 0 atom stereocenters. The van der Waals surface area contributed by atoms with Crippen molar-refractivity contribution in [2.75, 3.05) is 38.2 Å². The third kappa shape index (κ3) is 5.36. The van der Waals surface area contributed by atoms with Crippen LogP contribution in [0.15, 0.2) is 28.7 Å². The zero-order valence-corrected chi connectivity index (χ0v) is 18.2. The number of anilines is 1. The van der Waals surface area contributed by atoms with E-state index in [-0.39, 0.29) is 12.5 Å². The summed E-state index contributed by atoms with van der Waals surface area (Å²) in [4.78, 5) is 23.8. The lowest BCUT2D eigenvalue weighted by Crippen LogP contribution is -2.26. The summed E-state index contributed by atoms with van der Waals surface area (Å²) in [6.45, 7) is 9.31. The molecule has 0 aromatic carbocycles. The molecule has 31 heavy (non-hydrogen) atoms. The molecule has 1 aliphatic rings. The Morgan fingerprint density at radius 1 is 1.16 bits per heavy atom. The number of nitrogens with one attached hydrogen (secondary N) is 1. The van der Waals surface area contributed by atoms with E-state index in [9.17, 15) is 4.79 Å². The summed E-state index contributed by atoms with van der Waals surface area (Å²) in [5.41, 5.74) is 1.81. The standard InChI is InChI=1S/C22H28N6O3/c1-15-12-16(2)28(26-15)20-13-19(24-22(25-20)18-7-6-17(3)31-18)23-21(29)14-30-11-10-27-8-4-5-9-27/h6-7,12-13H,4-5,8-11,14H2,1-3H3,(H,23,24,25,29). The maximum absolute atomic E-state index is 12.4. The molecule has 0 spiro atoms. The number of hydrogen-bond acceptors (Lipinski definition) is 7. The molecule has 0 radical (unpaired) electrons. The highest BCUT2D eigenvalue weighted by Gasteiger charge is 2.15. The minimum Gasteiger partial charge on any atom is -0.458 e. The largest absolute Gasteiger partial charge is 0.458 e. The first-order valence-electron chi connectivity index (χ1n) is 10.6. The third-order valence-corrected chi connectivity index (χ3v) is 5.15. The normalized spacial score (nSPS) is 14.3. The number of likely N-dealkylation sites (tertiary alicyclic amines) is 1. The number of ether oxygens (including phenoxy) is 1. The van der Waals surface area contributed by atoms with Gasteiger partial charge in [-0.3, -0.25) is 4.79 Å². The van der Waals surface area contributed by atoms with E-state index in [1.165, 1.54) is 12.8 Å². The minimum absolute atomic E-state index is 0.0255. The Morgan fingerprint density at radius 3 is 2.65 bits per heavy atom. The van der Waals surface area contributed by atoms with Crippen molar-refractivity contribution >= 4 is 11.7 Å². The molecule has 164 valence electrons. The van der Waals surface area contributed by atoms with Crippen LogP contribution in [0.25, 0.3) is 17.4 Å². The van der Waals surface area contributed by atoms with Crippen molar-refractivity contribution in [1.29, 1.82) is 0 Å². The number of nitrogens with zero attached hydrogens (tertiary/aromatic N) is 5. The number of amides is 1. The van der Waals surface area contributed by atoms with E-state index in [0.717, 1.165) is 36.8 Å². The average molecular weight is 425 g/mol. The summed E-state index contributed by atoms with van der Waals surface area (Å²) < 4.78 is 13.0. The summed E-state index contributed by atoms with van der Waals surface area (Å²) in [5, 5.41) is 7.31. The molecule has 1 N–H and O–H groups in total. The van der Waals surface area contributed by atoms with Gasteiger partial charge in [0.15, 0.2) is 17.4 Å². The predicted molar refractivity (Wildman–Crippen MR) is 116 cm³/mol. The van der Waals surface area contributed by atoms with Gasteiger partial charge in [0.1, 0.15) is 18.2 Å². The van der Waals surface area contributed by atoms with Crippen molar-refractivity contribution in [1.82, 2.24) is 24.6 Å². The molecule has 4 heterocycles. The molecule has 9 nitrogen and oxygen atoms in total. The lowest BCUT2D eigenvalue weighted by Gasteiger charge is -2.14. The van der Waals surface area contributed by atoms with E-state index in [2.05, 4.69) is 25.3 Å². The highest BCUT2D eigenvalue weighted by atomic mass is 16.5. The molecule has 9 heteroatoms. The second-order valence-corrected chi connectivity index (χ2v) is 7.83. The SMILES string of the molecule is Cc1cc(C)n(-c2cc(NC(=O)COCCN3CCCC3)nc(-c3ccc(C)o3)n2)n1. The summed E-state index contributed by atoms with van der Waals surface area (Å²) in [6, 6.07) is 7.32. The molecular weight excluding hydrogens is 396 g/mol. The fourth-order valence-corrected chi connectivity index (χ4v) is 3.68. The van der Waals surface area contributed by atoms with Crippen LogP contribution < -0.4 is 5.32 Å². The number of rotatable bonds is 8. The molecule has 1 amide bonds. The summed E-state index contributed by atoms with van der Waals surface area (Å²) in [5.74, 6) is 2.32. The first-order valence-corrected chi connectivity index (χ1v) is 10.6. The Bertz CT molecular complexity index is 1050. The van der Waals surface area contributed by atoms with Crippen LogP contribution in [0.1, 0.15) is 30.0 Å². The number of aryl methyl sites for hydroxylation is 3. The van der Waals surface area contributed by atoms with Crippen LogP contribution in [-0.4, -0.2) is 63.4 Å². The van der Waals surface area contributed by atoms with Crippen molar-refractivity contribution in [2.24, 2.45) is 0 Å². The van der Waals surface area contributed by atoms with Gasteiger partial charge in [-0.05, 0) is 64.9 Å². The first-order chi connectivity index (χ1) is 15.0. The molecule has 0 bridgehead atoms. The van der Waals surface area contributed by atoms with E-state index < -0.39 is 0 Å². The van der Waals surface area contributed by atoms with Crippen LogP contribution in [0.4, 0.5) is 5.82 Å². The second-order valence-electron chi connectivity index (χ2n) is 7.83. The third-order valence-electron chi connectivity index (χ3n) is 5.15. The van der Waals surface area contributed by atoms with Crippen LogP contribution >= 0.6 is 0 Å². The molecule has 0 unspecified atom stereocenters. The van der Waals surface area contributed by atoms with Crippen LogP contribution in [0.5, 0.6) is 0 Å². The van der Waals surface area contributed by atoms with Crippen molar-refractivity contribution in [3.8, 4) is 17.4 Å². The molecule has 1 saturated heterocycles. The van der Waals surface area contributed by atoms with Crippen molar-refractivity contribution < 1.29 is 13.9 Å². The topological polar surface area (TPSA) is 98.3 Å². The van der Waals surface area contributed by atoms with Gasteiger partial charge >= 0.3 is 0 Å². The van der Waals surface area contributed by atoms with Gasteiger partial charge in [-0.25, -0.2) is 14.6 Å². The van der Waals surface area contributed by atoms with Crippen molar-refractivity contribution in [3.05, 3.63) is 41.4 Å². The number of hydrogen-bond donors (Lipinski definition) is 1. The minimum atomic E-state index is -0.263. The van der Waals surface area contributed by atoms with Crippen molar-refractivity contribution in [2.45, 2.75) is 33.6 Å². The Labute approximate surface area is 181 Å². The Balaban J connectivity index is 1.48. The number of aromatic nitrogens is 4. The monoisotopic (exact) mass is 424 g/mol. The second kappa shape index (κ2) is 9.40. The number of carbonyl (C=O) groups is 1. The number of carbonyl (C=O) groups excluding carboxylic acids is 1. The maximum Gasteiger partial charge on any atom is 0.251 e. The molecule has 4 rings (SSSR count). The molecule has 0 aliphatic carbocycles. The molecule has 0 saturated carbocycles. The molecule has 3 aromatic rings. The van der Waals surface area contributed by atoms with Crippen LogP contribution in [-0.2, 0) is 9.53 Å². The molecule has 1 aliphatic heterocycles. The van der Waals surface area contributed by atoms with Gasteiger partial charge in [-0.15, -0.1) is 0 Å². The van der Waals surface area contributed by atoms with Gasteiger partial charge < -0.3 is 19.4 Å². The van der Waals surface area contributed by atoms with Crippen LogP contribution in [0.3, 0.4) is 0 Å². The smallest absolute Gasteiger partial charge is 0.251 e. The van der Waals surface area contributed by atoms with E-state index in [0.29, 0.717) is 29.8 Å². The summed E-state index contributed by atoms with van der Waals surface area (Å²) in [7, 11) is 0. The highest BCUT2D eigenvalue weighted by molar-refractivity contribution is 5.91. The van der Waals surface area contributed by atoms with Crippen LogP contribution in [0.2, 0.25) is 0 Å². The van der Waals surface area contributed by atoms with E-state index >= 15 is 0 Å². The highest BCUT2D eigenvalue weighted by Crippen LogP contribution is 2.22. The van der Waals surface area contributed by atoms with Gasteiger partial charge in [0.25, 0.3) is 5.91 Å². The van der Waals surface area contributed by atoms with E-state index in [4.69, 9.17) is 9.15 Å². The maximum atomic E-state index is 12.4.